The number of carbonyl (C=O) groups excluding carboxylic acids is 1. The maximum Gasteiger partial charge on any atom is 0.222 e. The number of likely N-dealkylation sites (tertiary alicyclic amines) is 1. The molecule has 2 N–H and O–H groups in total. The Morgan fingerprint density at radius 2 is 1.89 bits per heavy atom. The van der Waals surface area contributed by atoms with Crippen molar-refractivity contribution >= 4 is 18.3 Å². The molecule has 1 heterocycles. The topological polar surface area (TPSA) is 46.3 Å². The van der Waals surface area contributed by atoms with Gasteiger partial charge in [0.2, 0.25) is 5.91 Å². The number of nitrogens with two attached hydrogens (primary N) is 1. The number of hydrogen-bond acceptors (Lipinski definition) is 2. The molecule has 0 aromatic rings. The fourth-order valence-electron chi connectivity index (χ4n) is 3.43. The monoisotopic (exact) mass is 288 g/mol. The lowest BCUT2D eigenvalue weighted by Gasteiger charge is -2.35. The van der Waals surface area contributed by atoms with Crippen LogP contribution in [-0.4, -0.2) is 29.9 Å². The largest absolute Gasteiger partial charge is 0.342 e. The van der Waals surface area contributed by atoms with Crippen LogP contribution in [0, 0.1) is 11.8 Å². The number of carbonyl (C=O) groups is 1. The van der Waals surface area contributed by atoms with Crippen molar-refractivity contribution in [3.05, 3.63) is 0 Å². The zero-order chi connectivity index (χ0) is 13.0. The number of hydrogen-bond donors (Lipinski definition) is 1. The van der Waals surface area contributed by atoms with Gasteiger partial charge in [-0.05, 0) is 44.4 Å². The summed E-state index contributed by atoms with van der Waals surface area (Å²) in [5.41, 5.74) is 5.98. The van der Waals surface area contributed by atoms with E-state index in [1.807, 2.05) is 0 Å². The SMILES string of the molecule is CC(N)C1CCCN(C(=O)CC2CCCCC2)C1.Cl. The van der Waals surface area contributed by atoms with Gasteiger partial charge >= 0.3 is 0 Å². The number of rotatable bonds is 3. The summed E-state index contributed by atoms with van der Waals surface area (Å²) in [5, 5.41) is 0. The van der Waals surface area contributed by atoms with Gasteiger partial charge in [-0.3, -0.25) is 4.79 Å². The van der Waals surface area contributed by atoms with Crippen LogP contribution in [0.2, 0.25) is 0 Å². The van der Waals surface area contributed by atoms with Crippen molar-refractivity contribution in [1.29, 1.82) is 0 Å². The van der Waals surface area contributed by atoms with Gasteiger partial charge in [0.05, 0.1) is 0 Å². The highest BCUT2D eigenvalue weighted by molar-refractivity contribution is 5.85. The minimum Gasteiger partial charge on any atom is -0.342 e. The van der Waals surface area contributed by atoms with E-state index in [0.717, 1.165) is 25.9 Å². The third-order valence-electron chi connectivity index (χ3n) is 4.74. The van der Waals surface area contributed by atoms with Crippen LogP contribution in [-0.2, 0) is 4.79 Å². The molecule has 2 unspecified atom stereocenters. The molecule has 2 atom stereocenters. The Bertz CT molecular complexity index is 277. The quantitative estimate of drug-likeness (QED) is 0.868. The molecule has 19 heavy (non-hydrogen) atoms. The number of halogens is 1. The van der Waals surface area contributed by atoms with Crippen LogP contribution in [0.15, 0.2) is 0 Å². The molecule has 1 aliphatic heterocycles. The van der Waals surface area contributed by atoms with Crippen LogP contribution < -0.4 is 5.73 Å². The van der Waals surface area contributed by atoms with E-state index in [1.165, 1.54) is 38.5 Å². The summed E-state index contributed by atoms with van der Waals surface area (Å²) in [6, 6.07) is 0.218. The van der Waals surface area contributed by atoms with Crippen molar-refractivity contribution in [2.75, 3.05) is 13.1 Å². The first-order valence-corrected chi connectivity index (χ1v) is 7.70. The highest BCUT2D eigenvalue weighted by Crippen LogP contribution is 2.28. The molecule has 2 aliphatic rings. The van der Waals surface area contributed by atoms with E-state index >= 15 is 0 Å². The van der Waals surface area contributed by atoms with Gasteiger partial charge in [-0.15, -0.1) is 12.4 Å². The van der Waals surface area contributed by atoms with E-state index in [4.69, 9.17) is 5.73 Å². The molecule has 1 aliphatic carbocycles. The molecule has 0 radical (unpaired) electrons. The summed E-state index contributed by atoms with van der Waals surface area (Å²) in [6.45, 7) is 3.91. The van der Waals surface area contributed by atoms with E-state index in [-0.39, 0.29) is 18.4 Å². The van der Waals surface area contributed by atoms with Gasteiger partial charge in [0.1, 0.15) is 0 Å². The van der Waals surface area contributed by atoms with E-state index in [0.29, 0.717) is 17.7 Å². The first-order chi connectivity index (χ1) is 8.66. The Hall–Kier alpha value is -0.280. The molecule has 0 bridgehead atoms. The summed E-state index contributed by atoms with van der Waals surface area (Å²) in [4.78, 5) is 14.4. The van der Waals surface area contributed by atoms with Gasteiger partial charge in [0.15, 0.2) is 0 Å². The minimum absolute atomic E-state index is 0. The molecule has 1 amide bonds. The van der Waals surface area contributed by atoms with Gasteiger partial charge in [-0.2, -0.15) is 0 Å². The van der Waals surface area contributed by atoms with Crippen LogP contribution in [0.5, 0.6) is 0 Å². The van der Waals surface area contributed by atoms with Crippen molar-refractivity contribution in [3.8, 4) is 0 Å². The Balaban J connectivity index is 0.00000180. The fourth-order valence-corrected chi connectivity index (χ4v) is 3.43. The molecule has 1 saturated heterocycles. The molecule has 2 fully saturated rings. The van der Waals surface area contributed by atoms with Crippen molar-refractivity contribution in [1.82, 2.24) is 4.90 Å². The van der Waals surface area contributed by atoms with Crippen molar-refractivity contribution < 1.29 is 4.79 Å². The van der Waals surface area contributed by atoms with Gasteiger partial charge in [-0.25, -0.2) is 0 Å². The maximum atomic E-state index is 12.3. The Kier molecular flexibility index (Phi) is 7.16. The van der Waals surface area contributed by atoms with Gasteiger partial charge < -0.3 is 10.6 Å². The highest BCUT2D eigenvalue weighted by Gasteiger charge is 2.27. The molecular weight excluding hydrogens is 260 g/mol. The molecule has 3 nitrogen and oxygen atoms in total. The molecule has 0 spiro atoms. The van der Waals surface area contributed by atoms with Crippen LogP contribution in [0.25, 0.3) is 0 Å². The summed E-state index contributed by atoms with van der Waals surface area (Å²) < 4.78 is 0. The molecule has 112 valence electrons. The number of amides is 1. The standard InChI is InChI=1S/C15H28N2O.ClH/c1-12(16)14-8-5-9-17(11-14)15(18)10-13-6-3-2-4-7-13;/h12-14H,2-11,16H2,1H3;1H. The minimum atomic E-state index is 0. The molecule has 4 heteroatoms. The number of piperidine rings is 1. The van der Waals surface area contributed by atoms with Crippen LogP contribution >= 0.6 is 12.4 Å². The van der Waals surface area contributed by atoms with Crippen molar-refractivity contribution in [3.63, 3.8) is 0 Å². The molecule has 2 rings (SSSR count). The fraction of sp³-hybridized carbons (Fsp3) is 0.933. The lowest BCUT2D eigenvalue weighted by molar-refractivity contribution is -0.134. The van der Waals surface area contributed by atoms with Crippen LogP contribution in [0.1, 0.15) is 58.3 Å². The number of nitrogens with zero attached hydrogens (tertiary/aromatic N) is 1. The van der Waals surface area contributed by atoms with E-state index in [1.54, 1.807) is 0 Å². The second-order valence-corrected chi connectivity index (χ2v) is 6.31. The highest BCUT2D eigenvalue weighted by atomic mass is 35.5. The Morgan fingerprint density at radius 1 is 1.21 bits per heavy atom. The molecule has 0 aromatic heterocycles. The zero-order valence-electron chi connectivity index (χ0n) is 12.1. The second kappa shape index (κ2) is 8.11. The summed E-state index contributed by atoms with van der Waals surface area (Å²) in [5.74, 6) is 1.54. The third kappa shape index (κ3) is 4.96. The Labute approximate surface area is 123 Å². The van der Waals surface area contributed by atoms with Gasteiger partial charge in [0, 0.05) is 25.6 Å². The van der Waals surface area contributed by atoms with Gasteiger partial charge in [0.25, 0.3) is 0 Å². The normalized spacial score (nSPS) is 26.6. The van der Waals surface area contributed by atoms with E-state index in [2.05, 4.69) is 11.8 Å². The van der Waals surface area contributed by atoms with Crippen molar-refractivity contribution in [2.24, 2.45) is 17.6 Å². The van der Waals surface area contributed by atoms with E-state index in [9.17, 15) is 4.79 Å². The van der Waals surface area contributed by atoms with Crippen LogP contribution in [0.3, 0.4) is 0 Å². The van der Waals surface area contributed by atoms with Gasteiger partial charge in [-0.1, -0.05) is 19.3 Å². The first kappa shape index (κ1) is 16.8. The molecule has 0 aromatic carbocycles. The smallest absolute Gasteiger partial charge is 0.222 e. The lowest BCUT2D eigenvalue weighted by atomic mass is 9.86. The zero-order valence-corrected chi connectivity index (χ0v) is 13.0. The summed E-state index contributed by atoms with van der Waals surface area (Å²) in [6.07, 6.45) is 9.62. The summed E-state index contributed by atoms with van der Waals surface area (Å²) >= 11 is 0. The Morgan fingerprint density at radius 3 is 2.53 bits per heavy atom. The second-order valence-electron chi connectivity index (χ2n) is 6.31. The molecular formula is C15H29ClN2O. The molecule has 1 saturated carbocycles. The predicted molar refractivity (Wildman–Crippen MR) is 81.4 cm³/mol. The lowest BCUT2D eigenvalue weighted by Crippen LogP contribution is -2.45. The third-order valence-corrected chi connectivity index (χ3v) is 4.74. The van der Waals surface area contributed by atoms with Crippen LogP contribution in [0.4, 0.5) is 0 Å². The average molecular weight is 289 g/mol. The first-order valence-electron chi connectivity index (χ1n) is 7.70. The van der Waals surface area contributed by atoms with E-state index < -0.39 is 0 Å². The average Bonchev–Trinajstić information content (AvgIpc) is 2.40. The predicted octanol–water partition coefficient (Wildman–Crippen LogP) is 2.96. The van der Waals surface area contributed by atoms with Crippen molar-refractivity contribution in [2.45, 2.75) is 64.3 Å². The summed E-state index contributed by atoms with van der Waals surface area (Å²) in [7, 11) is 0. The maximum absolute atomic E-state index is 12.3.